The third-order valence-corrected chi connectivity index (χ3v) is 3.23. The summed E-state index contributed by atoms with van der Waals surface area (Å²) < 4.78 is 2.36. The summed E-state index contributed by atoms with van der Waals surface area (Å²) >= 11 is 0. The first kappa shape index (κ1) is 14.0. The molecular weight excluding hydrogens is 256 g/mol. The molecule has 0 atom stereocenters. The van der Waals surface area contributed by atoms with Crippen LogP contribution in [0.4, 0.5) is 5.95 Å². The van der Waals surface area contributed by atoms with E-state index in [0.717, 1.165) is 10.1 Å². The number of nitrogens with zero attached hydrogens (tertiary/aromatic N) is 3. The highest BCUT2D eigenvalue weighted by atomic mass is 16.2. The van der Waals surface area contributed by atoms with Crippen molar-refractivity contribution in [3.8, 4) is 5.69 Å². The molecule has 1 heterocycles. The van der Waals surface area contributed by atoms with E-state index in [1.807, 2.05) is 12.1 Å². The lowest BCUT2D eigenvalue weighted by atomic mass is 10.0. The van der Waals surface area contributed by atoms with E-state index >= 15 is 0 Å². The zero-order valence-electron chi connectivity index (χ0n) is 12.0. The fraction of sp³-hybridized carbons (Fsp3) is 0.357. The molecule has 0 saturated heterocycles. The molecule has 0 aliphatic carbocycles. The number of hydrogen-bond donors (Lipinski definition) is 1. The Balaban J connectivity index is 2.62. The van der Waals surface area contributed by atoms with E-state index < -0.39 is 11.4 Å². The van der Waals surface area contributed by atoms with Gasteiger partial charge in [-0.1, -0.05) is 26.0 Å². The van der Waals surface area contributed by atoms with Gasteiger partial charge in [0.25, 0.3) is 0 Å². The zero-order valence-corrected chi connectivity index (χ0v) is 12.0. The van der Waals surface area contributed by atoms with Gasteiger partial charge in [0, 0.05) is 14.1 Å². The van der Waals surface area contributed by atoms with Crippen LogP contribution >= 0.6 is 0 Å². The fourth-order valence-electron chi connectivity index (χ4n) is 1.99. The van der Waals surface area contributed by atoms with Gasteiger partial charge in [-0.25, -0.2) is 14.2 Å². The standard InChI is InChI=1S/C14H18N4O2/c1-9(2)10-5-7-11(8-6-10)18-13(19)16-12(15-3)17(4)14(18)20/h5-9H,1-4H3,(H,15,16,19). The molecule has 20 heavy (non-hydrogen) atoms. The fourth-order valence-corrected chi connectivity index (χ4v) is 1.99. The lowest BCUT2D eigenvalue weighted by Crippen LogP contribution is -2.40. The van der Waals surface area contributed by atoms with Gasteiger partial charge in [0.05, 0.1) is 5.69 Å². The van der Waals surface area contributed by atoms with E-state index in [4.69, 9.17) is 0 Å². The third kappa shape index (κ3) is 2.36. The lowest BCUT2D eigenvalue weighted by Gasteiger charge is -2.11. The van der Waals surface area contributed by atoms with Crippen LogP contribution < -0.4 is 16.7 Å². The Labute approximate surface area is 116 Å². The van der Waals surface area contributed by atoms with Gasteiger partial charge in [-0.2, -0.15) is 4.98 Å². The number of aromatic nitrogens is 3. The molecule has 0 radical (unpaired) electrons. The second-order valence-electron chi connectivity index (χ2n) is 4.89. The molecule has 1 aromatic carbocycles. The van der Waals surface area contributed by atoms with E-state index in [9.17, 15) is 9.59 Å². The molecule has 0 bridgehead atoms. The van der Waals surface area contributed by atoms with Crippen LogP contribution in [0.15, 0.2) is 33.9 Å². The molecular formula is C14H18N4O2. The average molecular weight is 274 g/mol. The molecule has 0 amide bonds. The van der Waals surface area contributed by atoms with Crippen LogP contribution in [0.3, 0.4) is 0 Å². The number of anilines is 1. The lowest BCUT2D eigenvalue weighted by molar-refractivity contribution is 0.702. The van der Waals surface area contributed by atoms with E-state index in [2.05, 4.69) is 24.1 Å². The minimum Gasteiger partial charge on any atom is -0.358 e. The summed E-state index contributed by atoms with van der Waals surface area (Å²) in [4.78, 5) is 28.1. The molecule has 106 valence electrons. The Morgan fingerprint density at radius 1 is 1.15 bits per heavy atom. The molecule has 0 aliphatic heterocycles. The van der Waals surface area contributed by atoms with Crippen molar-refractivity contribution in [3.63, 3.8) is 0 Å². The van der Waals surface area contributed by atoms with Crippen LogP contribution in [0, 0.1) is 0 Å². The van der Waals surface area contributed by atoms with Crippen molar-refractivity contribution in [1.29, 1.82) is 0 Å². The summed E-state index contributed by atoms with van der Waals surface area (Å²) in [7, 11) is 3.18. The number of benzene rings is 1. The maximum atomic E-state index is 12.2. The summed E-state index contributed by atoms with van der Waals surface area (Å²) in [5.41, 5.74) is 0.662. The monoisotopic (exact) mass is 274 g/mol. The molecule has 0 unspecified atom stereocenters. The molecule has 2 aromatic rings. The number of rotatable bonds is 3. The van der Waals surface area contributed by atoms with E-state index in [1.165, 1.54) is 4.57 Å². The van der Waals surface area contributed by atoms with Gasteiger partial charge in [-0.3, -0.25) is 4.57 Å². The predicted molar refractivity (Wildman–Crippen MR) is 78.7 cm³/mol. The Bertz CT molecular complexity index is 726. The third-order valence-electron chi connectivity index (χ3n) is 3.23. The highest BCUT2D eigenvalue weighted by Gasteiger charge is 2.11. The van der Waals surface area contributed by atoms with Crippen molar-refractivity contribution in [1.82, 2.24) is 14.1 Å². The van der Waals surface area contributed by atoms with Crippen molar-refractivity contribution in [2.24, 2.45) is 7.05 Å². The molecule has 6 heteroatoms. The smallest absolute Gasteiger partial charge is 0.358 e. The van der Waals surface area contributed by atoms with E-state index in [0.29, 0.717) is 11.6 Å². The van der Waals surface area contributed by atoms with Crippen LogP contribution in [0.1, 0.15) is 25.3 Å². The normalized spacial score (nSPS) is 10.8. The Hall–Kier alpha value is -2.37. The Kier molecular flexibility index (Phi) is 3.74. The summed E-state index contributed by atoms with van der Waals surface area (Å²) in [5, 5.41) is 2.72. The highest BCUT2D eigenvalue weighted by molar-refractivity contribution is 5.36. The molecule has 1 N–H and O–H groups in total. The van der Waals surface area contributed by atoms with Gasteiger partial charge in [0.2, 0.25) is 5.95 Å². The van der Waals surface area contributed by atoms with Crippen molar-refractivity contribution in [3.05, 3.63) is 50.8 Å². The summed E-state index contributed by atoms with van der Waals surface area (Å²) in [6.45, 7) is 4.17. The average Bonchev–Trinajstić information content (AvgIpc) is 2.43. The second-order valence-corrected chi connectivity index (χ2v) is 4.89. The predicted octanol–water partition coefficient (Wildman–Crippen LogP) is 1.10. The maximum Gasteiger partial charge on any atom is 0.359 e. The van der Waals surface area contributed by atoms with Crippen LogP contribution in [0.25, 0.3) is 5.69 Å². The first-order valence-corrected chi connectivity index (χ1v) is 6.44. The maximum absolute atomic E-state index is 12.2. The van der Waals surface area contributed by atoms with Gasteiger partial charge < -0.3 is 5.32 Å². The minimum absolute atomic E-state index is 0.245. The molecule has 6 nitrogen and oxygen atoms in total. The SMILES string of the molecule is CNc1nc(=O)n(-c2ccc(C(C)C)cc2)c(=O)n1C. The first-order chi connectivity index (χ1) is 9.45. The van der Waals surface area contributed by atoms with Crippen molar-refractivity contribution in [2.45, 2.75) is 19.8 Å². The molecule has 0 fully saturated rings. The van der Waals surface area contributed by atoms with E-state index in [-0.39, 0.29) is 5.95 Å². The minimum atomic E-state index is -0.588. The van der Waals surface area contributed by atoms with Crippen LogP contribution in [0.5, 0.6) is 0 Å². The molecule has 2 rings (SSSR count). The van der Waals surface area contributed by atoms with Gasteiger partial charge in [0.15, 0.2) is 0 Å². The van der Waals surface area contributed by atoms with E-state index in [1.54, 1.807) is 26.2 Å². The van der Waals surface area contributed by atoms with Gasteiger partial charge in [-0.05, 0) is 23.6 Å². The van der Waals surface area contributed by atoms with Gasteiger partial charge >= 0.3 is 11.4 Å². The molecule has 0 spiro atoms. The summed E-state index contributed by atoms with van der Waals surface area (Å²) in [5.74, 6) is 0.642. The van der Waals surface area contributed by atoms with Crippen LogP contribution in [-0.4, -0.2) is 21.2 Å². The van der Waals surface area contributed by atoms with Crippen molar-refractivity contribution < 1.29 is 0 Å². The zero-order chi connectivity index (χ0) is 14.9. The summed E-state index contributed by atoms with van der Waals surface area (Å²) in [6.07, 6.45) is 0. The largest absolute Gasteiger partial charge is 0.359 e. The second kappa shape index (κ2) is 5.32. The topological polar surface area (TPSA) is 68.9 Å². The van der Waals surface area contributed by atoms with Crippen LogP contribution in [0.2, 0.25) is 0 Å². The number of hydrogen-bond acceptors (Lipinski definition) is 4. The first-order valence-electron chi connectivity index (χ1n) is 6.44. The highest BCUT2D eigenvalue weighted by Crippen LogP contribution is 2.15. The quantitative estimate of drug-likeness (QED) is 0.910. The Morgan fingerprint density at radius 2 is 1.75 bits per heavy atom. The van der Waals surface area contributed by atoms with Crippen molar-refractivity contribution >= 4 is 5.95 Å². The molecule has 1 aromatic heterocycles. The van der Waals surface area contributed by atoms with Crippen LogP contribution in [-0.2, 0) is 7.05 Å². The number of nitrogens with one attached hydrogen (secondary N) is 1. The summed E-state index contributed by atoms with van der Waals surface area (Å²) in [6, 6.07) is 7.35. The van der Waals surface area contributed by atoms with Gasteiger partial charge in [-0.15, -0.1) is 0 Å². The molecule has 0 saturated carbocycles. The van der Waals surface area contributed by atoms with Gasteiger partial charge in [0.1, 0.15) is 0 Å². The molecule has 0 aliphatic rings. The Morgan fingerprint density at radius 3 is 2.25 bits per heavy atom. The van der Waals surface area contributed by atoms with Crippen molar-refractivity contribution in [2.75, 3.05) is 12.4 Å².